The van der Waals surface area contributed by atoms with Crippen LogP contribution < -0.4 is 4.74 Å². The summed E-state index contributed by atoms with van der Waals surface area (Å²) in [7, 11) is 0. The van der Waals surface area contributed by atoms with Gasteiger partial charge in [-0.1, -0.05) is 12.1 Å². The molecule has 5 nitrogen and oxygen atoms in total. The van der Waals surface area contributed by atoms with Crippen LogP contribution in [0.3, 0.4) is 0 Å². The lowest BCUT2D eigenvalue weighted by atomic mass is 10.2. The Morgan fingerprint density at radius 2 is 2.29 bits per heavy atom. The first-order chi connectivity index (χ1) is 11.7. The van der Waals surface area contributed by atoms with E-state index in [1.807, 2.05) is 42.0 Å². The number of aromatic nitrogens is 3. The van der Waals surface area contributed by atoms with E-state index < -0.39 is 0 Å². The molecule has 1 atom stereocenters. The van der Waals surface area contributed by atoms with Gasteiger partial charge in [0, 0.05) is 24.3 Å². The van der Waals surface area contributed by atoms with Gasteiger partial charge in [-0.25, -0.2) is 4.98 Å². The fourth-order valence-electron chi connectivity index (χ4n) is 3.20. The van der Waals surface area contributed by atoms with Crippen molar-refractivity contribution in [3.05, 3.63) is 48.7 Å². The predicted molar refractivity (Wildman–Crippen MR) is 92.4 cm³/mol. The van der Waals surface area contributed by atoms with Crippen molar-refractivity contribution >= 4 is 17.2 Å². The van der Waals surface area contributed by atoms with Crippen molar-refractivity contribution in [3.63, 3.8) is 0 Å². The summed E-state index contributed by atoms with van der Waals surface area (Å²) >= 11 is 0. The summed E-state index contributed by atoms with van der Waals surface area (Å²) in [4.78, 5) is 15.5. The van der Waals surface area contributed by atoms with Crippen molar-refractivity contribution in [1.82, 2.24) is 14.1 Å². The molecular weight excluding hydrogens is 302 g/mol. The molecule has 0 aliphatic heterocycles. The summed E-state index contributed by atoms with van der Waals surface area (Å²) in [6.07, 6.45) is 8.94. The van der Waals surface area contributed by atoms with E-state index in [9.17, 15) is 4.79 Å². The standard InChI is InChI=1S/C19H21N3O2/c1-14(10-21-8-7-20-13-21)24-18-4-2-3-16-9-17(12-23)22(19(16)18)11-15-5-6-15/h2-4,7-9,12-15H,5-6,10-11H2,1H3. The smallest absolute Gasteiger partial charge is 0.166 e. The number of hydrogen-bond acceptors (Lipinski definition) is 3. The SMILES string of the molecule is CC(Cn1ccnc1)Oc1cccc2cc(C=O)n(CC3CC3)c12. The number of carbonyl (C=O) groups is 1. The lowest BCUT2D eigenvalue weighted by Gasteiger charge is -2.17. The number of fused-ring (bicyclic) bond motifs is 1. The molecule has 1 unspecified atom stereocenters. The molecule has 0 radical (unpaired) electrons. The van der Waals surface area contributed by atoms with Crippen LogP contribution in [-0.2, 0) is 13.1 Å². The number of benzene rings is 1. The van der Waals surface area contributed by atoms with Gasteiger partial charge in [0.15, 0.2) is 6.29 Å². The molecule has 0 N–H and O–H groups in total. The fourth-order valence-corrected chi connectivity index (χ4v) is 3.20. The van der Waals surface area contributed by atoms with Gasteiger partial charge < -0.3 is 13.9 Å². The molecule has 1 fully saturated rings. The van der Waals surface area contributed by atoms with E-state index >= 15 is 0 Å². The molecule has 1 aliphatic rings. The van der Waals surface area contributed by atoms with Gasteiger partial charge >= 0.3 is 0 Å². The van der Waals surface area contributed by atoms with Crippen molar-refractivity contribution in [2.24, 2.45) is 5.92 Å². The molecule has 5 heteroatoms. The van der Waals surface area contributed by atoms with Gasteiger partial charge in [-0.2, -0.15) is 0 Å². The van der Waals surface area contributed by atoms with Crippen molar-refractivity contribution < 1.29 is 9.53 Å². The van der Waals surface area contributed by atoms with Crippen LogP contribution in [0.1, 0.15) is 30.3 Å². The third-order valence-corrected chi connectivity index (χ3v) is 4.53. The Morgan fingerprint density at radius 1 is 1.42 bits per heavy atom. The predicted octanol–water partition coefficient (Wildman–Crippen LogP) is 3.53. The lowest BCUT2D eigenvalue weighted by Crippen LogP contribution is -2.19. The summed E-state index contributed by atoms with van der Waals surface area (Å²) in [6.45, 7) is 3.68. The van der Waals surface area contributed by atoms with Gasteiger partial charge in [0.1, 0.15) is 11.9 Å². The molecule has 124 valence electrons. The first kappa shape index (κ1) is 15.0. The summed E-state index contributed by atoms with van der Waals surface area (Å²) in [5, 5.41) is 1.06. The largest absolute Gasteiger partial charge is 0.487 e. The summed E-state index contributed by atoms with van der Waals surface area (Å²) in [6, 6.07) is 7.97. The number of ether oxygens (including phenoxy) is 1. The number of nitrogens with zero attached hydrogens (tertiary/aromatic N) is 3. The molecule has 1 aromatic carbocycles. The highest BCUT2D eigenvalue weighted by molar-refractivity contribution is 5.92. The first-order valence-electron chi connectivity index (χ1n) is 8.44. The van der Waals surface area contributed by atoms with Gasteiger partial charge in [-0.15, -0.1) is 0 Å². The van der Waals surface area contributed by atoms with E-state index in [-0.39, 0.29) is 6.10 Å². The zero-order valence-electron chi connectivity index (χ0n) is 13.8. The third-order valence-electron chi connectivity index (χ3n) is 4.53. The van der Waals surface area contributed by atoms with Crippen LogP contribution >= 0.6 is 0 Å². The van der Waals surface area contributed by atoms with Gasteiger partial charge in [-0.3, -0.25) is 4.79 Å². The van der Waals surface area contributed by atoms with E-state index in [1.54, 1.807) is 12.5 Å². The average Bonchev–Trinajstić information content (AvgIpc) is 3.10. The number of rotatable bonds is 7. The Balaban J connectivity index is 1.66. The zero-order chi connectivity index (χ0) is 16.5. The fraction of sp³-hybridized carbons (Fsp3) is 0.368. The monoisotopic (exact) mass is 323 g/mol. The highest BCUT2D eigenvalue weighted by Crippen LogP contribution is 2.35. The summed E-state index contributed by atoms with van der Waals surface area (Å²) < 4.78 is 10.3. The number of imidazole rings is 1. The van der Waals surface area contributed by atoms with Crippen molar-refractivity contribution in [1.29, 1.82) is 0 Å². The molecule has 1 aliphatic carbocycles. The van der Waals surface area contributed by atoms with E-state index in [0.29, 0.717) is 5.92 Å². The maximum absolute atomic E-state index is 11.5. The molecule has 0 spiro atoms. The Bertz CT molecular complexity index is 847. The molecule has 0 bridgehead atoms. The highest BCUT2D eigenvalue weighted by atomic mass is 16.5. The van der Waals surface area contributed by atoms with Crippen molar-refractivity contribution in [2.45, 2.75) is 39.0 Å². The van der Waals surface area contributed by atoms with Crippen LogP contribution in [0, 0.1) is 5.92 Å². The quantitative estimate of drug-likeness (QED) is 0.625. The Hall–Kier alpha value is -2.56. The zero-order valence-corrected chi connectivity index (χ0v) is 13.8. The first-order valence-corrected chi connectivity index (χ1v) is 8.44. The number of para-hydroxylation sites is 1. The maximum Gasteiger partial charge on any atom is 0.166 e. The van der Waals surface area contributed by atoms with Crippen LogP contribution in [0.4, 0.5) is 0 Å². The topological polar surface area (TPSA) is 49.1 Å². The number of carbonyl (C=O) groups excluding carboxylic acids is 1. The lowest BCUT2D eigenvalue weighted by molar-refractivity contribution is 0.111. The van der Waals surface area contributed by atoms with Gasteiger partial charge in [0.25, 0.3) is 0 Å². The van der Waals surface area contributed by atoms with Gasteiger partial charge in [0.2, 0.25) is 0 Å². The second-order valence-electron chi connectivity index (χ2n) is 6.62. The molecule has 2 heterocycles. The number of hydrogen-bond donors (Lipinski definition) is 0. The summed E-state index contributed by atoms with van der Waals surface area (Å²) in [5.41, 5.74) is 1.76. The van der Waals surface area contributed by atoms with E-state index in [1.165, 1.54) is 12.8 Å². The van der Waals surface area contributed by atoms with Gasteiger partial charge in [-0.05, 0) is 37.8 Å². The average molecular weight is 323 g/mol. The Morgan fingerprint density at radius 3 is 3.00 bits per heavy atom. The van der Waals surface area contributed by atoms with Crippen LogP contribution in [0.2, 0.25) is 0 Å². The van der Waals surface area contributed by atoms with Crippen LogP contribution in [0.25, 0.3) is 10.9 Å². The van der Waals surface area contributed by atoms with Crippen LogP contribution in [0.5, 0.6) is 5.75 Å². The summed E-state index contributed by atoms with van der Waals surface area (Å²) in [5.74, 6) is 1.53. The van der Waals surface area contributed by atoms with Gasteiger partial charge in [0.05, 0.1) is 24.1 Å². The third kappa shape index (κ3) is 2.94. The van der Waals surface area contributed by atoms with Crippen molar-refractivity contribution in [2.75, 3.05) is 0 Å². The minimum atomic E-state index is 0.00811. The highest BCUT2D eigenvalue weighted by Gasteiger charge is 2.24. The molecule has 0 amide bonds. The molecule has 3 aromatic rings. The second-order valence-corrected chi connectivity index (χ2v) is 6.62. The van der Waals surface area contributed by atoms with E-state index in [2.05, 4.69) is 9.55 Å². The Labute approximate surface area is 140 Å². The molecule has 24 heavy (non-hydrogen) atoms. The van der Waals surface area contributed by atoms with Crippen molar-refractivity contribution in [3.8, 4) is 5.75 Å². The van der Waals surface area contributed by atoms with Crippen LogP contribution in [0.15, 0.2) is 43.0 Å². The minimum Gasteiger partial charge on any atom is -0.487 e. The molecule has 4 rings (SSSR count). The van der Waals surface area contributed by atoms with E-state index in [0.717, 1.165) is 41.7 Å². The molecule has 1 saturated carbocycles. The van der Waals surface area contributed by atoms with E-state index in [4.69, 9.17) is 4.74 Å². The van der Waals surface area contributed by atoms with Crippen LogP contribution in [-0.4, -0.2) is 26.5 Å². The normalized spacial score (nSPS) is 15.5. The maximum atomic E-state index is 11.5. The molecule has 2 aromatic heterocycles. The second kappa shape index (κ2) is 6.15. The Kier molecular flexibility index (Phi) is 3.84. The molecule has 0 saturated heterocycles. The molecular formula is C19H21N3O2. The minimum absolute atomic E-state index is 0.00811. The number of aldehydes is 1.